The molecule has 4 aromatic rings. The number of hydrogen-bond acceptors (Lipinski definition) is 5. The number of esters is 1. The Hall–Kier alpha value is -3.43. The standard InChI is InChI=1S/C26H23BrN2O5S/c1-3-34-24(30)14-17-6-4-5-7-20(17)22-15-29(35(32,33)19-10-8-16(2)9-11-19)25-21(22)12-18(26(28)31)13-23(25)27/h4-13,15H,3,14H2,1-2H3,(H2,28,31). The Labute approximate surface area is 211 Å². The number of carbonyl (C=O) groups excluding carboxylic acids is 2. The molecule has 180 valence electrons. The van der Waals surface area contributed by atoms with Crippen LogP contribution in [0.4, 0.5) is 0 Å². The molecule has 1 aromatic heterocycles. The number of aromatic nitrogens is 1. The molecule has 7 nitrogen and oxygen atoms in total. The average Bonchev–Trinajstić information content (AvgIpc) is 3.21. The summed E-state index contributed by atoms with van der Waals surface area (Å²) in [5.41, 5.74) is 8.91. The lowest BCUT2D eigenvalue weighted by Gasteiger charge is -2.09. The van der Waals surface area contributed by atoms with Crippen molar-refractivity contribution in [2.24, 2.45) is 5.73 Å². The molecule has 3 aromatic carbocycles. The summed E-state index contributed by atoms with van der Waals surface area (Å²) < 4.78 is 34.1. The van der Waals surface area contributed by atoms with Crippen LogP contribution in [0, 0.1) is 6.92 Å². The topological polar surface area (TPSA) is 108 Å². The fraction of sp³-hybridized carbons (Fsp3) is 0.154. The number of rotatable bonds is 7. The van der Waals surface area contributed by atoms with Crippen molar-refractivity contribution in [3.63, 3.8) is 0 Å². The monoisotopic (exact) mass is 554 g/mol. The number of primary amides is 1. The van der Waals surface area contributed by atoms with E-state index in [1.807, 2.05) is 6.92 Å². The molecule has 0 aliphatic heterocycles. The van der Waals surface area contributed by atoms with Crippen molar-refractivity contribution in [3.05, 3.63) is 88.0 Å². The SMILES string of the molecule is CCOC(=O)Cc1ccccc1-c1cn(S(=O)(=O)c2ccc(C)cc2)c2c(Br)cc(C(N)=O)cc12. The highest BCUT2D eigenvalue weighted by Gasteiger charge is 2.25. The van der Waals surface area contributed by atoms with E-state index in [1.54, 1.807) is 61.5 Å². The summed E-state index contributed by atoms with van der Waals surface area (Å²) in [5.74, 6) is -1.04. The van der Waals surface area contributed by atoms with E-state index in [0.717, 1.165) is 5.56 Å². The van der Waals surface area contributed by atoms with E-state index in [2.05, 4.69) is 15.9 Å². The number of amides is 1. The second kappa shape index (κ2) is 9.67. The summed E-state index contributed by atoms with van der Waals surface area (Å²) in [5, 5.41) is 0.500. The fourth-order valence-corrected chi connectivity index (χ4v) is 6.11. The maximum atomic E-state index is 13.7. The zero-order valence-corrected chi connectivity index (χ0v) is 21.5. The van der Waals surface area contributed by atoms with Gasteiger partial charge in [0, 0.05) is 27.2 Å². The molecule has 0 spiro atoms. The molecule has 0 saturated carbocycles. The molecule has 0 aliphatic carbocycles. The minimum Gasteiger partial charge on any atom is -0.466 e. The van der Waals surface area contributed by atoms with Crippen molar-refractivity contribution in [1.29, 1.82) is 0 Å². The lowest BCUT2D eigenvalue weighted by Crippen LogP contribution is -2.13. The average molecular weight is 555 g/mol. The van der Waals surface area contributed by atoms with Crippen LogP contribution in [0.25, 0.3) is 22.0 Å². The van der Waals surface area contributed by atoms with Gasteiger partial charge in [0.15, 0.2) is 0 Å². The van der Waals surface area contributed by atoms with Crippen molar-refractivity contribution in [3.8, 4) is 11.1 Å². The first-order chi connectivity index (χ1) is 16.6. The van der Waals surface area contributed by atoms with E-state index in [-0.39, 0.29) is 23.5 Å². The largest absolute Gasteiger partial charge is 0.466 e. The van der Waals surface area contributed by atoms with Gasteiger partial charge >= 0.3 is 5.97 Å². The molecule has 0 saturated heterocycles. The number of nitrogens with zero attached hydrogens (tertiary/aromatic N) is 1. The minimum absolute atomic E-state index is 0.0120. The Morgan fingerprint density at radius 3 is 2.37 bits per heavy atom. The molecule has 35 heavy (non-hydrogen) atoms. The number of benzene rings is 3. The lowest BCUT2D eigenvalue weighted by molar-refractivity contribution is -0.142. The smallest absolute Gasteiger partial charge is 0.310 e. The third kappa shape index (κ3) is 4.74. The molecule has 1 amide bonds. The number of aryl methyl sites for hydroxylation is 1. The van der Waals surface area contributed by atoms with Crippen LogP contribution in [-0.2, 0) is 26.0 Å². The van der Waals surface area contributed by atoms with Crippen molar-refractivity contribution in [1.82, 2.24) is 3.97 Å². The number of halogens is 1. The Morgan fingerprint density at radius 1 is 1.03 bits per heavy atom. The molecular weight excluding hydrogens is 532 g/mol. The van der Waals surface area contributed by atoms with E-state index >= 15 is 0 Å². The quantitative estimate of drug-likeness (QED) is 0.329. The minimum atomic E-state index is -3.99. The van der Waals surface area contributed by atoms with Gasteiger partial charge in [-0.15, -0.1) is 0 Å². The summed E-state index contributed by atoms with van der Waals surface area (Å²) in [6, 6.07) is 16.8. The first kappa shape index (κ1) is 24.7. The summed E-state index contributed by atoms with van der Waals surface area (Å²) >= 11 is 3.44. The van der Waals surface area contributed by atoms with Gasteiger partial charge in [-0.3, -0.25) is 9.59 Å². The highest BCUT2D eigenvalue weighted by molar-refractivity contribution is 9.10. The maximum absolute atomic E-state index is 13.7. The van der Waals surface area contributed by atoms with Gasteiger partial charge in [0.1, 0.15) is 0 Å². The molecule has 0 fully saturated rings. The highest BCUT2D eigenvalue weighted by Crippen LogP contribution is 2.39. The van der Waals surface area contributed by atoms with Gasteiger partial charge in [-0.25, -0.2) is 12.4 Å². The molecule has 9 heteroatoms. The molecule has 0 aliphatic rings. The van der Waals surface area contributed by atoms with Crippen molar-refractivity contribution < 1.29 is 22.7 Å². The molecule has 4 rings (SSSR count). The van der Waals surface area contributed by atoms with Crippen LogP contribution in [0.2, 0.25) is 0 Å². The van der Waals surface area contributed by atoms with E-state index in [4.69, 9.17) is 10.5 Å². The maximum Gasteiger partial charge on any atom is 0.310 e. The predicted molar refractivity (Wildman–Crippen MR) is 138 cm³/mol. The Bertz CT molecular complexity index is 1560. The summed E-state index contributed by atoms with van der Waals surface area (Å²) in [6.07, 6.45) is 1.53. The molecule has 0 unspecified atom stereocenters. The molecular formula is C26H23BrN2O5S. The van der Waals surface area contributed by atoms with Crippen LogP contribution in [-0.4, -0.2) is 30.9 Å². The van der Waals surface area contributed by atoms with Crippen molar-refractivity contribution >= 4 is 48.7 Å². The molecule has 1 heterocycles. The first-order valence-corrected chi connectivity index (χ1v) is 13.1. The van der Waals surface area contributed by atoms with Crippen LogP contribution in [0.3, 0.4) is 0 Å². The summed E-state index contributed by atoms with van der Waals surface area (Å²) in [7, 11) is -3.99. The lowest BCUT2D eigenvalue weighted by atomic mass is 9.96. The first-order valence-electron chi connectivity index (χ1n) is 10.8. The van der Waals surface area contributed by atoms with Crippen LogP contribution in [0.1, 0.15) is 28.4 Å². The Kier molecular flexibility index (Phi) is 6.82. The van der Waals surface area contributed by atoms with E-state index in [0.29, 0.717) is 32.1 Å². The van der Waals surface area contributed by atoms with Crippen LogP contribution >= 0.6 is 15.9 Å². The summed E-state index contributed by atoms with van der Waals surface area (Å²) in [4.78, 5) is 24.4. The highest BCUT2D eigenvalue weighted by atomic mass is 79.9. The number of fused-ring (bicyclic) bond motifs is 1. The van der Waals surface area contributed by atoms with Crippen LogP contribution in [0.15, 0.2) is 76.2 Å². The fourth-order valence-electron chi connectivity index (χ4n) is 3.95. The van der Waals surface area contributed by atoms with E-state index < -0.39 is 21.9 Å². The third-order valence-electron chi connectivity index (χ3n) is 5.63. The Balaban J connectivity index is 2.02. The van der Waals surface area contributed by atoms with Crippen LogP contribution in [0.5, 0.6) is 0 Å². The second-order valence-corrected chi connectivity index (χ2v) is 10.7. The van der Waals surface area contributed by atoms with Gasteiger partial charge in [0.2, 0.25) is 5.91 Å². The zero-order chi connectivity index (χ0) is 25.3. The molecule has 2 N–H and O–H groups in total. The third-order valence-corrected chi connectivity index (χ3v) is 7.91. The second-order valence-electron chi connectivity index (χ2n) is 8.01. The van der Waals surface area contributed by atoms with Gasteiger partial charge in [0.05, 0.1) is 23.4 Å². The molecule has 0 atom stereocenters. The van der Waals surface area contributed by atoms with E-state index in [1.165, 1.54) is 16.2 Å². The Morgan fingerprint density at radius 2 is 1.71 bits per heavy atom. The van der Waals surface area contributed by atoms with Crippen LogP contribution < -0.4 is 5.73 Å². The van der Waals surface area contributed by atoms with Gasteiger partial charge in [0.25, 0.3) is 10.0 Å². The summed E-state index contributed by atoms with van der Waals surface area (Å²) in [6.45, 7) is 3.86. The molecule has 0 radical (unpaired) electrons. The van der Waals surface area contributed by atoms with Gasteiger partial charge in [-0.05, 0) is 65.2 Å². The normalized spacial score (nSPS) is 11.5. The number of hydrogen-bond donors (Lipinski definition) is 1. The zero-order valence-electron chi connectivity index (χ0n) is 19.1. The van der Waals surface area contributed by atoms with Crippen molar-refractivity contribution in [2.75, 3.05) is 6.61 Å². The van der Waals surface area contributed by atoms with Gasteiger partial charge in [-0.1, -0.05) is 42.0 Å². The van der Waals surface area contributed by atoms with E-state index in [9.17, 15) is 18.0 Å². The number of ether oxygens (including phenoxy) is 1. The van der Waals surface area contributed by atoms with Gasteiger partial charge < -0.3 is 10.5 Å². The number of nitrogens with two attached hydrogens (primary N) is 1. The van der Waals surface area contributed by atoms with Crippen molar-refractivity contribution in [2.45, 2.75) is 25.2 Å². The molecule has 0 bridgehead atoms. The number of carbonyl (C=O) groups is 2. The van der Waals surface area contributed by atoms with Gasteiger partial charge in [-0.2, -0.15) is 0 Å². The predicted octanol–water partition coefficient (Wildman–Crippen LogP) is 4.82.